The topological polar surface area (TPSA) is 69.7 Å². The molecule has 0 aliphatic carbocycles. The minimum Gasteiger partial charge on any atom is -0.362 e. The van der Waals surface area contributed by atoms with E-state index in [0.717, 1.165) is 11.6 Å². The normalized spacial score (nSPS) is 14.1. The highest BCUT2D eigenvalue weighted by Gasteiger charge is 2.34. The first-order valence-corrected chi connectivity index (χ1v) is 11.4. The lowest BCUT2D eigenvalue weighted by Gasteiger charge is -2.21. The lowest BCUT2D eigenvalue weighted by Crippen LogP contribution is -2.32. The zero-order valence-electron chi connectivity index (χ0n) is 17.2. The van der Waals surface area contributed by atoms with E-state index in [4.69, 9.17) is 0 Å². The second kappa shape index (κ2) is 8.88. The maximum Gasteiger partial charge on any atom is 0.418 e. The van der Waals surface area contributed by atoms with Gasteiger partial charge >= 0.3 is 6.18 Å². The molecule has 10 heteroatoms. The first-order chi connectivity index (χ1) is 14.6. The highest BCUT2D eigenvalue weighted by atomic mass is 32.2. The van der Waals surface area contributed by atoms with Crippen molar-refractivity contribution in [1.82, 2.24) is 4.31 Å². The number of nitrogens with zero attached hydrogens (tertiary/aromatic N) is 2. The van der Waals surface area contributed by atoms with Crippen molar-refractivity contribution in [3.05, 3.63) is 53.6 Å². The second-order valence-electron chi connectivity index (χ2n) is 7.14. The smallest absolute Gasteiger partial charge is 0.362 e. The number of nitrogens with one attached hydrogen (secondary N) is 1. The number of carbonyl (C=O) groups excluding carboxylic acids is 1. The number of halogens is 3. The van der Waals surface area contributed by atoms with Gasteiger partial charge in [0.05, 0.1) is 22.7 Å². The van der Waals surface area contributed by atoms with Crippen molar-refractivity contribution in [2.45, 2.75) is 31.3 Å². The van der Waals surface area contributed by atoms with E-state index in [1.807, 2.05) is 0 Å². The lowest BCUT2D eigenvalue weighted by atomic mass is 10.1. The Kier molecular flexibility index (Phi) is 6.61. The van der Waals surface area contributed by atoms with Crippen molar-refractivity contribution in [3.8, 4) is 0 Å². The SMILES string of the molecule is CCN(CC)S(=O)(=O)c1ccc2c(c1)CCN2CC(=O)Nc1ccccc1C(F)(F)F. The number of carbonyl (C=O) groups is 1. The molecule has 6 nitrogen and oxygen atoms in total. The quantitative estimate of drug-likeness (QED) is 0.691. The predicted molar refractivity (Wildman–Crippen MR) is 113 cm³/mol. The van der Waals surface area contributed by atoms with Crippen LogP contribution in [-0.4, -0.2) is 44.8 Å². The van der Waals surface area contributed by atoms with Gasteiger partial charge in [-0.25, -0.2) is 8.42 Å². The maximum atomic E-state index is 13.1. The summed E-state index contributed by atoms with van der Waals surface area (Å²) >= 11 is 0. The number of hydrogen-bond acceptors (Lipinski definition) is 4. The zero-order chi connectivity index (χ0) is 22.8. The van der Waals surface area contributed by atoms with E-state index >= 15 is 0 Å². The van der Waals surface area contributed by atoms with Crippen LogP contribution in [0.3, 0.4) is 0 Å². The number of anilines is 2. The van der Waals surface area contributed by atoms with Gasteiger partial charge in [0.1, 0.15) is 0 Å². The van der Waals surface area contributed by atoms with Gasteiger partial charge in [-0.15, -0.1) is 0 Å². The van der Waals surface area contributed by atoms with Crippen LogP contribution in [0.25, 0.3) is 0 Å². The molecule has 0 atom stereocenters. The summed E-state index contributed by atoms with van der Waals surface area (Å²) in [5, 5.41) is 2.34. The maximum absolute atomic E-state index is 13.1. The molecule has 0 spiro atoms. The molecule has 0 aromatic heterocycles. The summed E-state index contributed by atoms with van der Waals surface area (Å²) < 4.78 is 66.2. The van der Waals surface area contributed by atoms with Crippen LogP contribution in [0, 0.1) is 0 Å². The second-order valence-corrected chi connectivity index (χ2v) is 9.08. The molecule has 1 N–H and O–H groups in total. The number of alkyl halides is 3. The summed E-state index contributed by atoms with van der Waals surface area (Å²) in [4.78, 5) is 14.4. The van der Waals surface area contributed by atoms with Crippen LogP contribution in [0.2, 0.25) is 0 Å². The van der Waals surface area contributed by atoms with Crippen LogP contribution in [0.15, 0.2) is 47.4 Å². The molecule has 168 valence electrons. The Bertz CT molecular complexity index is 1070. The van der Waals surface area contributed by atoms with Gasteiger partial charge in [0.2, 0.25) is 15.9 Å². The van der Waals surface area contributed by atoms with Gasteiger partial charge in [-0.05, 0) is 42.3 Å². The first-order valence-electron chi connectivity index (χ1n) is 9.92. The molecule has 0 saturated heterocycles. The molecule has 0 bridgehead atoms. The van der Waals surface area contributed by atoms with E-state index < -0.39 is 27.7 Å². The number of sulfonamides is 1. The van der Waals surface area contributed by atoms with E-state index in [1.54, 1.807) is 30.9 Å². The molecule has 31 heavy (non-hydrogen) atoms. The Morgan fingerprint density at radius 1 is 1.13 bits per heavy atom. The largest absolute Gasteiger partial charge is 0.418 e. The summed E-state index contributed by atoms with van der Waals surface area (Å²) in [5.41, 5.74) is 0.297. The Morgan fingerprint density at radius 3 is 2.45 bits per heavy atom. The van der Waals surface area contributed by atoms with Crippen molar-refractivity contribution < 1.29 is 26.4 Å². The predicted octanol–water partition coefficient (Wildman–Crippen LogP) is 3.74. The third kappa shape index (κ3) is 4.85. The Labute approximate surface area is 179 Å². The molecule has 0 unspecified atom stereocenters. The summed E-state index contributed by atoms with van der Waals surface area (Å²) in [6.45, 7) is 4.60. The molecule has 3 rings (SSSR count). The van der Waals surface area contributed by atoms with E-state index in [1.165, 1.54) is 28.6 Å². The fourth-order valence-electron chi connectivity index (χ4n) is 3.69. The number of amides is 1. The first kappa shape index (κ1) is 23.1. The zero-order valence-corrected chi connectivity index (χ0v) is 18.1. The molecule has 1 amide bonds. The Morgan fingerprint density at radius 2 is 1.81 bits per heavy atom. The van der Waals surface area contributed by atoms with Gasteiger partial charge in [0, 0.05) is 25.3 Å². The molecule has 0 saturated carbocycles. The van der Waals surface area contributed by atoms with Crippen LogP contribution in [0.1, 0.15) is 25.0 Å². The van der Waals surface area contributed by atoms with Gasteiger partial charge in [-0.1, -0.05) is 26.0 Å². The monoisotopic (exact) mass is 455 g/mol. The highest BCUT2D eigenvalue weighted by Crippen LogP contribution is 2.35. The van der Waals surface area contributed by atoms with Crippen molar-refractivity contribution in [2.75, 3.05) is 36.4 Å². The van der Waals surface area contributed by atoms with Crippen molar-refractivity contribution in [1.29, 1.82) is 0 Å². The number of hydrogen-bond donors (Lipinski definition) is 1. The Balaban J connectivity index is 1.75. The molecule has 0 fully saturated rings. The Hall–Kier alpha value is -2.59. The molecule has 1 heterocycles. The molecular weight excluding hydrogens is 431 g/mol. The van der Waals surface area contributed by atoms with Crippen molar-refractivity contribution >= 4 is 27.3 Å². The minimum atomic E-state index is -4.57. The van der Waals surface area contributed by atoms with E-state index in [0.29, 0.717) is 31.7 Å². The van der Waals surface area contributed by atoms with Crippen LogP contribution < -0.4 is 10.2 Å². The number of fused-ring (bicyclic) bond motifs is 1. The average Bonchev–Trinajstić information content (AvgIpc) is 3.10. The van der Waals surface area contributed by atoms with Gasteiger partial charge < -0.3 is 10.2 Å². The third-order valence-corrected chi connectivity index (χ3v) is 7.27. The average molecular weight is 456 g/mol. The number of rotatable bonds is 7. The highest BCUT2D eigenvalue weighted by molar-refractivity contribution is 7.89. The number of para-hydroxylation sites is 1. The summed E-state index contributed by atoms with van der Waals surface area (Å²) in [6, 6.07) is 9.58. The van der Waals surface area contributed by atoms with Crippen molar-refractivity contribution in [2.24, 2.45) is 0 Å². The summed E-state index contributed by atoms with van der Waals surface area (Å²) in [6.07, 6.45) is -4.03. The van der Waals surface area contributed by atoms with Crippen molar-refractivity contribution in [3.63, 3.8) is 0 Å². The standard InChI is InChI=1S/C21H24F3N3O3S/c1-3-27(4-2)31(29,30)16-9-10-19-15(13-16)11-12-26(19)14-20(28)25-18-8-6-5-7-17(18)21(22,23)24/h5-10,13H,3-4,11-12,14H2,1-2H3,(H,25,28). The molecule has 1 aliphatic rings. The van der Waals surface area contributed by atoms with E-state index in [-0.39, 0.29) is 17.1 Å². The summed E-state index contributed by atoms with van der Waals surface area (Å²) in [5.74, 6) is -0.579. The van der Waals surface area contributed by atoms with E-state index in [9.17, 15) is 26.4 Å². The minimum absolute atomic E-state index is 0.138. The molecule has 0 radical (unpaired) electrons. The van der Waals surface area contributed by atoms with E-state index in [2.05, 4.69) is 5.32 Å². The van der Waals surface area contributed by atoms with Crippen LogP contribution in [-0.2, 0) is 27.4 Å². The van der Waals surface area contributed by atoms with Crippen LogP contribution in [0.4, 0.5) is 24.5 Å². The van der Waals surface area contributed by atoms with Crippen LogP contribution >= 0.6 is 0 Å². The third-order valence-electron chi connectivity index (χ3n) is 5.23. The molecule has 1 aliphatic heterocycles. The lowest BCUT2D eigenvalue weighted by molar-refractivity contribution is -0.137. The van der Waals surface area contributed by atoms with Gasteiger partial charge in [-0.3, -0.25) is 4.79 Å². The van der Waals surface area contributed by atoms with Gasteiger partial charge in [0.25, 0.3) is 0 Å². The number of benzene rings is 2. The fourth-order valence-corrected chi connectivity index (χ4v) is 5.20. The molecule has 2 aromatic carbocycles. The fraction of sp³-hybridized carbons (Fsp3) is 0.381. The van der Waals surface area contributed by atoms with Gasteiger partial charge in [-0.2, -0.15) is 17.5 Å². The molecular formula is C21H24F3N3O3S. The molecule has 2 aromatic rings. The summed E-state index contributed by atoms with van der Waals surface area (Å²) in [7, 11) is -3.59. The van der Waals surface area contributed by atoms with Crippen LogP contribution in [0.5, 0.6) is 0 Å². The van der Waals surface area contributed by atoms with Gasteiger partial charge in [0.15, 0.2) is 0 Å².